The third-order valence-corrected chi connectivity index (χ3v) is 1.67. The monoisotopic (exact) mass is 214 g/mol. The molecule has 0 saturated carbocycles. The highest BCUT2D eigenvalue weighted by Crippen LogP contribution is 2.14. The number of rotatable bonds is 3. The molecule has 0 aromatic carbocycles. The van der Waals surface area contributed by atoms with Crippen LogP contribution in [0.5, 0.6) is 0 Å². The number of hydrogen-bond acceptors (Lipinski definition) is 3. The lowest BCUT2D eigenvalue weighted by molar-refractivity contribution is 0.619. The molecule has 14 heavy (non-hydrogen) atoms. The van der Waals surface area contributed by atoms with Crippen LogP contribution in [-0.4, -0.2) is 23.6 Å². The zero-order valence-electron chi connectivity index (χ0n) is 7.17. The Bertz CT molecular complexity index is 357. The molecule has 1 rings (SSSR count). The van der Waals surface area contributed by atoms with Crippen molar-refractivity contribution in [3.63, 3.8) is 0 Å². The van der Waals surface area contributed by atoms with Crippen LogP contribution in [0.15, 0.2) is 17.4 Å². The van der Waals surface area contributed by atoms with Crippen LogP contribution in [0.3, 0.4) is 0 Å². The summed E-state index contributed by atoms with van der Waals surface area (Å²) in [4.78, 5) is 7.29. The van der Waals surface area contributed by atoms with Crippen molar-refractivity contribution < 1.29 is 4.39 Å². The molecular formula is C8H8ClFN4. The molecule has 1 aromatic heterocycles. The number of hydrogen-bond donors (Lipinski definition) is 2. The second-order valence-electron chi connectivity index (χ2n) is 2.51. The molecule has 1 aromatic rings. The lowest BCUT2D eigenvalue weighted by atomic mass is 10.3. The minimum atomic E-state index is -0.551. The van der Waals surface area contributed by atoms with Crippen LogP contribution in [-0.2, 0) is 0 Å². The van der Waals surface area contributed by atoms with Crippen LogP contribution in [0.4, 0.5) is 4.39 Å². The Hall–Kier alpha value is -1.49. The highest BCUT2D eigenvalue weighted by molar-refractivity contribution is 6.32. The van der Waals surface area contributed by atoms with Crippen LogP contribution in [0, 0.1) is 11.2 Å². The molecule has 4 nitrogen and oxygen atoms in total. The van der Waals surface area contributed by atoms with E-state index in [-0.39, 0.29) is 23.0 Å². The van der Waals surface area contributed by atoms with Gasteiger partial charge in [-0.05, 0) is 0 Å². The van der Waals surface area contributed by atoms with Gasteiger partial charge in [-0.25, -0.2) is 4.39 Å². The van der Waals surface area contributed by atoms with Crippen molar-refractivity contribution in [3.05, 3.63) is 28.8 Å². The number of amidine groups is 1. The van der Waals surface area contributed by atoms with E-state index < -0.39 is 5.82 Å². The van der Waals surface area contributed by atoms with E-state index in [1.54, 1.807) is 0 Å². The van der Waals surface area contributed by atoms with Gasteiger partial charge in [-0.3, -0.25) is 15.4 Å². The summed E-state index contributed by atoms with van der Waals surface area (Å²) < 4.78 is 13.1. The van der Waals surface area contributed by atoms with E-state index in [0.717, 1.165) is 6.20 Å². The van der Waals surface area contributed by atoms with Gasteiger partial charge in [0.05, 0.1) is 17.8 Å². The lowest BCUT2D eigenvalue weighted by Gasteiger charge is -1.97. The van der Waals surface area contributed by atoms with Gasteiger partial charge in [0.25, 0.3) is 0 Å². The molecule has 0 spiro atoms. The van der Waals surface area contributed by atoms with E-state index in [4.69, 9.17) is 22.7 Å². The first-order chi connectivity index (χ1) is 6.61. The summed E-state index contributed by atoms with van der Waals surface area (Å²) in [6, 6.07) is 0. The number of nitrogens with one attached hydrogen (secondary N) is 1. The number of pyridine rings is 1. The Morgan fingerprint density at radius 2 is 2.43 bits per heavy atom. The van der Waals surface area contributed by atoms with Gasteiger partial charge in [0.1, 0.15) is 5.84 Å². The predicted molar refractivity (Wildman–Crippen MR) is 53.6 cm³/mol. The molecule has 1 heterocycles. The Morgan fingerprint density at radius 3 is 3.00 bits per heavy atom. The van der Waals surface area contributed by atoms with Crippen LogP contribution in [0.25, 0.3) is 0 Å². The maximum absolute atomic E-state index is 13.1. The Morgan fingerprint density at radius 1 is 1.71 bits per heavy atom. The minimum absolute atomic E-state index is 0.0259. The number of nitrogens with zero attached hydrogens (tertiary/aromatic N) is 2. The summed E-state index contributed by atoms with van der Waals surface area (Å²) in [5.41, 5.74) is 5.22. The summed E-state index contributed by atoms with van der Waals surface area (Å²) in [5.74, 6) is -0.642. The van der Waals surface area contributed by atoms with Crippen LogP contribution >= 0.6 is 11.6 Å². The number of aromatic nitrogens is 1. The van der Waals surface area contributed by atoms with Crippen LogP contribution in [0.2, 0.25) is 5.02 Å². The van der Waals surface area contributed by atoms with E-state index >= 15 is 0 Å². The Kier molecular flexibility index (Phi) is 3.53. The molecule has 0 aliphatic carbocycles. The molecule has 0 amide bonds. The minimum Gasteiger partial charge on any atom is -0.386 e. The largest absolute Gasteiger partial charge is 0.386 e. The third-order valence-electron chi connectivity index (χ3n) is 1.37. The van der Waals surface area contributed by atoms with Gasteiger partial charge < -0.3 is 5.73 Å². The number of aliphatic imine (C=N–C) groups is 1. The number of halogens is 2. The third kappa shape index (κ3) is 2.77. The molecule has 3 N–H and O–H groups in total. The van der Waals surface area contributed by atoms with E-state index in [1.165, 1.54) is 12.4 Å². The molecule has 0 bridgehead atoms. The van der Waals surface area contributed by atoms with Crippen molar-refractivity contribution in [2.45, 2.75) is 0 Å². The highest BCUT2D eigenvalue weighted by Gasteiger charge is 2.03. The smallest absolute Gasteiger partial charge is 0.151 e. The summed E-state index contributed by atoms with van der Waals surface area (Å²) in [6.07, 6.45) is 3.60. The van der Waals surface area contributed by atoms with Gasteiger partial charge in [-0.2, -0.15) is 0 Å². The second kappa shape index (κ2) is 4.66. The molecule has 74 valence electrons. The van der Waals surface area contributed by atoms with Gasteiger partial charge in [-0.15, -0.1) is 0 Å². The quantitative estimate of drug-likeness (QED) is 0.587. The van der Waals surface area contributed by atoms with Gasteiger partial charge in [0.2, 0.25) is 0 Å². The van der Waals surface area contributed by atoms with Crippen molar-refractivity contribution in [2.75, 3.05) is 6.54 Å². The molecule has 0 saturated heterocycles. The molecule has 0 fully saturated rings. The van der Waals surface area contributed by atoms with E-state index in [0.29, 0.717) is 0 Å². The fourth-order valence-electron chi connectivity index (χ4n) is 0.780. The first kappa shape index (κ1) is 10.6. The van der Waals surface area contributed by atoms with Crippen molar-refractivity contribution in [1.82, 2.24) is 4.98 Å². The maximum atomic E-state index is 13.1. The van der Waals surface area contributed by atoms with Crippen molar-refractivity contribution in [2.24, 2.45) is 10.7 Å². The normalized spacial score (nSPS) is 10.7. The maximum Gasteiger partial charge on any atom is 0.151 e. The van der Waals surface area contributed by atoms with Gasteiger partial charge in [0.15, 0.2) is 5.82 Å². The van der Waals surface area contributed by atoms with Gasteiger partial charge >= 0.3 is 0 Å². The van der Waals surface area contributed by atoms with Crippen LogP contribution in [0.1, 0.15) is 5.56 Å². The first-order valence-corrected chi connectivity index (χ1v) is 4.11. The Balaban J connectivity index is 2.85. The number of nitrogens with two attached hydrogens (primary N) is 1. The predicted octanol–water partition coefficient (Wildman–Crippen LogP) is 1.23. The summed E-state index contributed by atoms with van der Waals surface area (Å²) in [6.45, 7) is 0.0259. The van der Waals surface area contributed by atoms with Crippen molar-refractivity contribution in [3.8, 4) is 0 Å². The fraction of sp³-hybridized carbons (Fsp3) is 0.125. The zero-order chi connectivity index (χ0) is 10.6. The zero-order valence-corrected chi connectivity index (χ0v) is 7.92. The topological polar surface area (TPSA) is 75.1 Å². The second-order valence-corrected chi connectivity index (χ2v) is 2.92. The van der Waals surface area contributed by atoms with Crippen molar-refractivity contribution >= 4 is 23.7 Å². The standard InChI is InChI=1S/C8H8ClFN4/c9-6-2-14-3-7(10)5(6)1-13-4-8(11)12/h1-3H,4H2,(H3,11,12). The molecule has 0 aliphatic rings. The average molecular weight is 215 g/mol. The highest BCUT2D eigenvalue weighted by atomic mass is 35.5. The molecular weight excluding hydrogens is 207 g/mol. The van der Waals surface area contributed by atoms with E-state index in [1.807, 2.05) is 0 Å². The molecule has 0 unspecified atom stereocenters. The Labute approximate surface area is 85.1 Å². The molecule has 6 heteroatoms. The van der Waals surface area contributed by atoms with Gasteiger partial charge in [0, 0.05) is 18.0 Å². The molecule has 0 atom stereocenters. The lowest BCUT2D eigenvalue weighted by Crippen LogP contribution is -2.13. The molecule has 0 aliphatic heterocycles. The molecule has 0 radical (unpaired) electrons. The van der Waals surface area contributed by atoms with Gasteiger partial charge in [-0.1, -0.05) is 11.6 Å². The summed E-state index contributed by atoms with van der Waals surface area (Å²) in [5, 5.41) is 7.07. The first-order valence-electron chi connectivity index (χ1n) is 3.73. The fourth-order valence-corrected chi connectivity index (χ4v) is 0.975. The SMILES string of the molecule is N=C(N)CN=Cc1c(F)cncc1Cl. The van der Waals surface area contributed by atoms with Crippen LogP contribution < -0.4 is 5.73 Å². The summed E-state index contributed by atoms with van der Waals surface area (Å²) >= 11 is 5.67. The summed E-state index contributed by atoms with van der Waals surface area (Å²) in [7, 11) is 0. The van der Waals surface area contributed by atoms with Crippen molar-refractivity contribution in [1.29, 1.82) is 5.41 Å². The average Bonchev–Trinajstić information content (AvgIpc) is 2.09. The van der Waals surface area contributed by atoms with E-state index in [9.17, 15) is 4.39 Å². The van der Waals surface area contributed by atoms with E-state index in [2.05, 4.69) is 9.98 Å².